The number of nitrogens with zero attached hydrogens (tertiary/aromatic N) is 1. The molecule has 0 aliphatic carbocycles. The van der Waals surface area contributed by atoms with Crippen LogP contribution in [0.25, 0.3) is 0 Å². The minimum Gasteiger partial charge on any atom is -0.463 e. The van der Waals surface area contributed by atoms with E-state index in [1.807, 2.05) is 13.8 Å². The summed E-state index contributed by atoms with van der Waals surface area (Å²) >= 11 is 0. The molecule has 17 nitrogen and oxygen atoms in total. The van der Waals surface area contributed by atoms with Crippen LogP contribution >= 0.6 is 0 Å². The smallest absolute Gasteiger partial charge is 0.404 e. The van der Waals surface area contributed by atoms with Gasteiger partial charge in [-0.15, -0.1) is 0 Å². The summed E-state index contributed by atoms with van der Waals surface area (Å²) in [6, 6.07) is 4.52. The molecule has 17 heteroatoms. The molecule has 6 amide bonds. The van der Waals surface area contributed by atoms with Gasteiger partial charge in [0.05, 0.1) is 11.8 Å². The first kappa shape index (κ1) is 39.2. The van der Waals surface area contributed by atoms with Crippen molar-refractivity contribution in [2.24, 2.45) is 5.73 Å². The van der Waals surface area contributed by atoms with E-state index in [2.05, 4.69) is 16.0 Å². The highest BCUT2D eigenvalue weighted by Crippen LogP contribution is 2.30. The Labute approximate surface area is 265 Å². The number of aldehydes is 1. The molecular weight excluding hydrogens is 610 g/mol. The van der Waals surface area contributed by atoms with Crippen LogP contribution in [-0.4, -0.2) is 102 Å². The van der Waals surface area contributed by atoms with E-state index in [9.17, 15) is 38.7 Å². The van der Waals surface area contributed by atoms with Crippen LogP contribution < -0.4 is 26.4 Å². The van der Waals surface area contributed by atoms with E-state index >= 15 is 0 Å². The normalized spacial score (nSPS) is 18.2. The summed E-state index contributed by atoms with van der Waals surface area (Å²) in [7, 11) is 1.00. The fraction of sp³-hybridized carbons (Fsp3) is 0.483. The lowest BCUT2D eigenvalue weighted by molar-refractivity contribution is -0.175. The Morgan fingerprint density at radius 2 is 1.61 bits per heavy atom. The van der Waals surface area contributed by atoms with Crippen LogP contribution in [0.5, 0.6) is 5.75 Å². The third kappa shape index (κ3) is 13.8. The number of nitrogens with two attached hydrogens (primary N) is 1. The highest BCUT2D eigenvalue weighted by molar-refractivity contribution is 6.14. The molecule has 0 aromatic heterocycles. The van der Waals surface area contributed by atoms with Crippen LogP contribution in [0.4, 0.5) is 10.5 Å². The number of rotatable bonds is 14. The van der Waals surface area contributed by atoms with Crippen LogP contribution in [0, 0.1) is 0 Å². The Kier molecular flexibility index (Phi) is 17.8. The lowest BCUT2D eigenvalue weighted by Gasteiger charge is -2.31. The Morgan fingerprint density at radius 3 is 2.22 bits per heavy atom. The van der Waals surface area contributed by atoms with Gasteiger partial charge >= 0.3 is 6.09 Å². The van der Waals surface area contributed by atoms with E-state index in [1.54, 1.807) is 6.07 Å². The van der Waals surface area contributed by atoms with Gasteiger partial charge in [0.25, 0.3) is 11.8 Å². The van der Waals surface area contributed by atoms with Gasteiger partial charge in [0, 0.05) is 58.0 Å². The van der Waals surface area contributed by atoms with Gasteiger partial charge in [-0.1, -0.05) is 19.9 Å². The Morgan fingerprint density at radius 1 is 1.00 bits per heavy atom. The molecule has 3 rings (SSSR count). The number of anilines is 1. The van der Waals surface area contributed by atoms with Crippen LogP contribution in [-0.2, 0) is 44.8 Å². The maximum atomic E-state index is 12.6. The maximum Gasteiger partial charge on any atom is 0.404 e. The third-order valence-electron chi connectivity index (χ3n) is 5.96. The fourth-order valence-corrected chi connectivity index (χ4v) is 3.94. The molecule has 1 aromatic rings. The van der Waals surface area contributed by atoms with Crippen molar-refractivity contribution < 1.29 is 58.0 Å². The molecule has 0 radical (unpaired) electrons. The first-order valence-electron chi connectivity index (χ1n) is 14.4. The molecule has 46 heavy (non-hydrogen) atoms. The van der Waals surface area contributed by atoms with E-state index in [0.717, 1.165) is 24.2 Å². The number of nitrogens with one attached hydrogen (secondary N) is 3. The molecule has 0 bridgehead atoms. The second kappa shape index (κ2) is 21.0. The number of aliphatic hydroxyl groups excluding tert-OH is 2. The third-order valence-corrected chi connectivity index (χ3v) is 5.96. The lowest BCUT2D eigenvalue weighted by Crippen LogP contribution is -2.41. The average Bonchev–Trinajstić information content (AvgIpc) is 3.34. The zero-order valence-electron chi connectivity index (χ0n) is 25.9. The minimum atomic E-state index is -0.991. The quantitative estimate of drug-likeness (QED) is 0.107. The first-order chi connectivity index (χ1) is 22.0. The topological polar surface area (TPSA) is 253 Å². The summed E-state index contributed by atoms with van der Waals surface area (Å²) in [5.74, 6) is -2.60. The number of benzene rings is 1. The van der Waals surface area contributed by atoms with Gasteiger partial charge in [-0.3, -0.25) is 28.9 Å². The van der Waals surface area contributed by atoms with Crippen LogP contribution in [0.3, 0.4) is 0 Å². The van der Waals surface area contributed by atoms with Gasteiger partial charge in [-0.2, -0.15) is 0 Å². The minimum absolute atomic E-state index is 0.0410. The van der Waals surface area contributed by atoms with Gasteiger partial charge in [-0.05, 0) is 17.7 Å². The SMILES string of the molecule is CC.CO.NC(=O)OCc1ccc(OC2CC(O)CC(C=O)O2)c(NC(=O)CCNC(=O)CCNC(=O)CN2C(=O)C=CC2=O)c1. The highest BCUT2D eigenvalue weighted by atomic mass is 16.7. The van der Waals surface area contributed by atoms with E-state index in [1.165, 1.54) is 12.1 Å². The molecule has 254 valence electrons. The Hall–Kier alpha value is -4.87. The monoisotopic (exact) mass is 651 g/mol. The largest absolute Gasteiger partial charge is 0.463 e. The van der Waals surface area contributed by atoms with Gasteiger partial charge < -0.3 is 50.9 Å². The maximum absolute atomic E-state index is 12.6. The number of hydrogen-bond acceptors (Lipinski definition) is 12. The van der Waals surface area contributed by atoms with E-state index in [0.29, 0.717) is 11.8 Å². The zero-order valence-corrected chi connectivity index (χ0v) is 25.9. The summed E-state index contributed by atoms with van der Waals surface area (Å²) in [5.41, 5.74) is 5.66. The Balaban J connectivity index is 0.00000254. The predicted octanol–water partition coefficient (Wildman–Crippen LogP) is -0.764. The predicted molar refractivity (Wildman–Crippen MR) is 161 cm³/mol. The van der Waals surface area contributed by atoms with Crippen molar-refractivity contribution >= 4 is 47.6 Å². The number of aliphatic hydroxyl groups is 2. The van der Waals surface area contributed by atoms with Crippen LogP contribution in [0.1, 0.15) is 45.1 Å². The molecule has 1 aromatic carbocycles. The zero-order chi connectivity index (χ0) is 34.6. The summed E-state index contributed by atoms with van der Waals surface area (Å²) in [6.45, 7) is 3.27. The standard InChI is InChI=1S/C26H31N5O11.C2H6.CH4O/c27-26(39)40-14-15-1-2-19(42-25-11-16(33)10-17(13-32)41-25)18(9-15)30-21(35)6-8-28-20(34)5-7-29-22(36)12-31-23(37)3-4-24(31)38;2*1-2/h1-4,9,13,16-17,25,33H,5-8,10-12,14H2,(H2,27,39)(H,28,34)(H,29,36)(H,30,35);1-2H3;2H,1H3. The summed E-state index contributed by atoms with van der Waals surface area (Å²) in [5, 5.41) is 24.6. The van der Waals surface area contributed by atoms with Crippen molar-refractivity contribution in [3.05, 3.63) is 35.9 Å². The number of amides is 6. The van der Waals surface area contributed by atoms with Gasteiger partial charge in [0.2, 0.25) is 24.0 Å². The van der Waals surface area contributed by atoms with Crippen molar-refractivity contribution in [1.29, 1.82) is 0 Å². The summed E-state index contributed by atoms with van der Waals surface area (Å²) in [6.07, 6.45) is -0.999. The molecular formula is C29H41N5O12. The summed E-state index contributed by atoms with van der Waals surface area (Å²) < 4.78 is 16.1. The molecule has 2 heterocycles. The highest BCUT2D eigenvalue weighted by Gasteiger charge is 2.30. The number of imide groups is 1. The second-order valence-corrected chi connectivity index (χ2v) is 9.27. The van der Waals surface area contributed by atoms with Crippen molar-refractivity contribution in [3.8, 4) is 5.75 Å². The van der Waals surface area contributed by atoms with E-state index in [4.69, 9.17) is 25.1 Å². The van der Waals surface area contributed by atoms with E-state index < -0.39 is 60.7 Å². The number of ether oxygens (including phenoxy) is 3. The van der Waals surface area contributed by atoms with Crippen molar-refractivity contribution in [1.82, 2.24) is 15.5 Å². The van der Waals surface area contributed by atoms with Crippen LogP contribution in [0.15, 0.2) is 30.4 Å². The lowest BCUT2D eigenvalue weighted by atomic mass is 10.1. The first-order valence-corrected chi connectivity index (χ1v) is 14.4. The number of primary amides is 1. The van der Waals surface area contributed by atoms with Gasteiger partial charge in [0.1, 0.15) is 31.3 Å². The molecule has 1 fully saturated rings. The number of carbonyl (C=O) groups is 7. The van der Waals surface area contributed by atoms with Crippen LogP contribution in [0.2, 0.25) is 0 Å². The summed E-state index contributed by atoms with van der Waals surface area (Å²) in [4.78, 5) is 82.5. The molecule has 2 aliphatic heterocycles. The molecule has 0 saturated carbocycles. The van der Waals surface area contributed by atoms with Gasteiger partial charge in [-0.25, -0.2) is 4.79 Å². The average molecular weight is 652 g/mol. The molecule has 0 spiro atoms. The second-order valence-electron chi connectivity index (χ2n) is 9.27. The molecule has 3 unspecified atom stereocenters. The molecule has 7 N–H and O–H groups in total. The van der Waals surface area contributed by atoms with Crippen molar-refractivity contribution in [3.63, 3.8) is 0 Å². The van der Waals surface area contributed by atoms with E-state index in [-0.39, 0.29) is 56.8 Å². The fourth-order valence-electron chi connectivity index (χ4n) is 3.94. The molecule has 2 aliphatic rings. The number of hydrogen-bond donors (Lipinski definition) is 6. The van der Waals surface area contributed by atoms with Gasteiger partial charge in [0.15, 0.2) is 0 Å². The number of carbonyl (C=O) groups excluding carboxylic acids is 7. The van der Waals surface area contributed by atoms with Crippen molar-refractivity contribution in [2.75, 3.05) is 32.1 Å². The van der Waals surface area contributed by atoms with Crippen molar-refractivity contribution in [2.45, 2.75) is 64.6 Å². The molecule has 3 atom stereocenters. The Bertz CT molecular complexity index is 1240. The molecule has 1 saturated heterocycles.